The molecule has 0 aromatic heterocycles. The van der Waals surface area contributed by atoms with Crippen LogP contribution in [0.2, 0.25) is 0 Å². The molecule has 4 aromatic carbocycles. The van der Waals surface area contributed by atoms with Crippen molar-refractivity contribution in [1.82, 2.24) is 10.6 Å². The second-order valence-electron chi connectivity index (χ2n) is 7.82. The highest BCUT2D eigenvalue weighted by Gasteiger charge is 2.22. The Balaban J connectivity index is 1.53. The number of nitrogens with one attached hydrogen (secondary N) is 3. The van der Waals surface area contributed by atoms with Gasteiger partial charge in [0.1, 0.15) is 12.6 Å². The van der Waals surface area contributed by atoms with Gasteiger partial charge in [-0.3, -0.25) is 4.79 Å². The van der Waals surface area contributed by atoms with Crippen LogP contribution in [0, 0.1) is 11.3 Å². The van der Waals surface area contributed by atoms with E-state index in [0.717, 1.165) is 27.5 Å². The fraction of sp³-hybridized carbons (Fsp3) is 0.107. The number of hydrogen-bond donors (Lipinski definition) is 3. The summed E-state index contributed by atoms with van der Waals surface area (Å²) in [4.78, 5) is 25.7. The number of carbonyl (C=O) groups is 2. The van der Waals surface area contributed by atoms with E-state index in [1.54, 1.807) is 0 Å². The number of carbonyl (C=O) groups excluding carboxylic acids is 2. The Labute approximate surface area is 198 Å². The first-order chi connectivity index (χ1) is 16.6. The van der Waals surface area contributed by atoms with Gasteiger partial charge in [0.25, 0.3) is 0 Å². The van der Waals surface area contributed by atoms with E-state index in [1.165, 1.54) is 0 Å². The quantitative estimate of drug-likeness (QED) is 0.352. The van der Waals surface area contributed by atoms with Gasteiger partial charge in [-0.2, -0.15) is 5.26 Å². The van der Waals surface area contributed by atoms with E-state index in [0.29, 0.717) is 5.69 Å². The minimum Gasteiger partial charge on any atom is -0.341 e. The third-order valence-electron chi connectivity index (χ3n) is 5.48. The SMILES string of the molecule is N#CCNC(=O)C(Cc1ccc2ccccc2c1)NC(=O)Nc1ccccc1-c1ccccc1. The van der Waals surface area contributed by atoms with E-state index in [1.807, 2.05) is 103 Å². The molecule has 3 amide bonds. The molecule has 4 rings (SSSR count). The van der Waals surface area contributed by atoms with Crippen molar-refractivity contribution in [2.45, 2.75) is 12.5 Å². The number of urea groups is 1. The Morgan fingerprint density at radius 3 is 2.32 bits per heavy atom. The van der Waals surface area contributed by atoms with Crippen molar-refractivity contribution in [2.24, 2.45) is 0 Å². The van der Waals surface area contributed by atoms with Crippen LogP contribution in [0.5, 0.6) is 0 Å². The number of nitrogens with zero attached hydrogens (tertiary/aromatic N) is 1. The lowest BCUT2D eigenvalue weighted by Gasteiger charge is -2.19. The summed E-state index contributed by atoms with van der Waals surface area (Å²) < 4.78 is 0. The van der Waals surface area contributed by atoms with E-state index in [4.69, 9.17) is 5.26 Å². The van der Waals surface area contributed by atoms with Crippen molar-refractivity contribution in [3.05, 3.63) is 103 Å². The average Bonchev–Trinajstić information content (AvgIpc) is 2.87. The summed E-state index contributed by atoms with van der Waals surface area (Å²) in [5.74, 6) is -0.416. The molecular weight excluding hydrogens is 424 g/mol. The van der Waals surface area contributed by atoms with E-state index >= 15 is 0 Å². The van der Waals surface area contributed by atoms with Gasteiger partial charge in [0.15, 0.2) is 0 Å². The van der Waals surface area contributed by atoms with Crippen LogP contribution in [0.3, 0.4) is 0 Å². The summed E-state index contributed by atoms with van der Waals surface area (Å²) in [5, 5.41) is 19.2. The molecule has 0 radical (unpaired) electrons. The zero-order valence-corrected chi connectivity index (χ0v) is 18.5. The molecule has 34 heavy (non-hydrogen) atoms. The summed E-state index contributed by atoms with van der Waals surface area (Å²) in [6, 6.07) is 31.7. The highest BCUT2D eigenvalue weighted by molar-refractivity contribution is 5.97. The molecule has 1 unspecified atom stereocenters. The molecule has 0 aliphatic carbocycles. The van der Waals surface area contributed by atoms with E-state index in [9.17, 15) is 9.59 Å². The second kappa shape index (κ2) is 10.8. The number of para-hydroxylation sites is 1. The number of nitriles is 1. The third kappa shape index (κ3) is 5.59. The van der Waals surface area contributed by atoms with Gasteiger partial charge in [0, 0.05) is 12.0 Å². The lowest BCUT2D eigenvalue weighted by atomic mass is 10.0. The molecule has 0 bridgehead atoms. The Kier molecular flexibility index (Phi) is 7.16. The molecule has 4 aromatic rings. The van der Waals surface area contributed by atoms with Gasteiger partial charge in [-0.05, 0) is 28.0 Å². The number of fused-ring (bicyclic) bond motifs is 1. The van der Waals surface area contributed by atoms with Crippen LogP contribution in [0.15, 0.2) is 97.1 Å². The lowest BCUT2D eigenvalue weighted by molar-refractivity contribution is -0.122. The van der Waals surface area contributed by atoms with Gasteiger partial charge >= 0.3 is 6.03 Å². The van der Waals surface area contributed by atoms with Crippen LogP contribution in [0.25, 0.3) is 21.9 Å². The second-order valence-corrected chi connectivity index (χ2v) is 7.82. The summed E-state index contributed by atoms with van der Waals surface area (Å²) in [6.07, 6.45) is 0.288. The molecule has 6 heteroatoms. The molecule has 168 valence electrons. The molecule has 0 aliphatic rings. The number of amides is 3. The largest absolute Gasteiger partial charge is 0.341 e. The van der Waals surface area contributed by atoms with Crippen LogP contribution in [0.4, 0.5) is 10.5 Å². The molecule has 0 fully saturated rings. The van der Waals surface area contributed by atoms with Crippen molar-refractivity contribution in [2.75, 3.05) is 11.9 Å². The molecule has 1 atom stereocenters. The zero-order valence-electron chi connectivity index (χ0n) is 18.5. The minimum atomic E-state index is -0.849. The maximum Gasteiger partial charge on any atom is 0.319 e. The molecule has 0 aliphatic heterocycles. The van der Waals surface area contributed by atoms with Gasteiger partial charge in [-0.25, -0.2) is 4.79 Å². The standard InChI is InChI=1S/C28H24N4O2/c29-16-17-30-27(33)26(19-20-14-15-21-8-4-5-11-23(21)18-20)32-28(34)31-25-13-7-6-12-24(25)22-9-2-1-3-10-22/h1-15,18,26H,17,19H2,(H,30,33)(H2,31,32,34). The van der Waals surface area contributed by atoms with Gasteiger partial charge in [0.05, 0.1) is 11.8 Å². The predicted octanol–water partition coefficient (Wildman–Crippen LogP) is 4.88. The number of anilines is 1. The predicted molar refractivity (Wildman–Crippen MR) is 134 cm³/mol. The van der Waals surface area contributed by atoms with Gasteiger partial charge in [-0.1, -0.05) is 91.0 Å². The maximum atomic E-state index is 12.9. The molecular formula is C28H24N4O2. The Morgan fingerprint density at radius 1 is 0.824 bits per heavy atom. The van der Waals surface area contributed by atoms with Crippen LogP contribution in [-0.2, 0) is 11.2 Å². The van der Waals surface area contributed by atoms with Crippen LogP contribution in [-0.4, -0.2) is 24.5 Å². The molecule has 0 heterocycles. The Hall–Kier alpha value is -4.63. The first kappa shape index (κ1) is 22.6. The van der Waals surface area contributed by atoms with Crippen LogP contribution < -0.4 is 16.0 Å². The summed E-state index contributed by atoms with van der Waals surface area (Å²) in [5.41, 5.74) is 3.38. The van der Waals surface area contributed by atoms with Gasteiger partial charge in [0.2, 0.25) is 5.91 Å². The van der Waals surface area contributed by atoms with Gasteiger partial charge in [-0.15, -0.1) is 0 Å². The van der Waals surface area contributed by atoms with Crippen molar-refractivity contribution in [3.8, 4) is 17.2 Å². The van der Waals surface area contributed by atoms with Gasteiger partial charge < -0.3 is 16.0 Å². The average molecular weight is 449 g/mol. The van der Waals surface area contributed by atoms with E-state index < -0.39 is 18.0 Å². The fourth-order valence-corrected chi connectivity index (χ4v) is 3.84. The highest BCUT2D eigenvalue weighted by atomic mass is 16.2. The molecule has 3 N–H and O–H groups in total. The molecule has 0 spiro atoms. The fourth-order valence-electron chi connectivity index (χ4n) is 3.84. The third-order valence-corrected chi connectivity index (χ3v) is 5.48. The summed E-state index contributed by atoms with van der Waals surface area (Å²) in [7, 11) is 0. The van der Waals surface area contributed by atoms with Crippen molar-refractivity contribution in [3.63, 3.8) is 0 Å². The minimum absolute atomic E-state index is 0.132. The smallest absolute Gasteiger partial charge is 0.319 e. The highest BCUT2D eigenvalue weighted by Crippen LogP contribution is 2.27. The molecule has 0 saturated carbocycles. The number of hydrogen-bond acceptors (Lipinski definition) is 3. The molecule has 0 saturated heterocycles. The van der Waals surface area contributed by atoms with E-state index in [2.05, 4.69) is 16.0 Å². The van der Waals surface area contributed by atoms with E-state index in [-0.39, 0.29) is 13.0 Å². The molecule has 6 nitrogen and oxygen atoms in total. The summed E-state index contributed by atoms with van der Waals surface area (Å²) in [6.45, 7) is -0.132. The lowest BCUT2D eigenvalue weighted by Crippen LogP contribution is -2.49. The Bertz CT molecular complexity index is 1350. The topological polar surface area (TPSA) is 94.0 Å². The van der Waals surface area contributed by atoms with Crippen molar-refractivity contribution in [1.29, 1.82) is 5.26 Å². The number of rotatable bonds is 7. The Morgan fingerprint density at radius 2 is 1.53 bits per heavy atom. The van der Waals surface area contributed by atoms with Crippen molar-refractivity contribution >= 4 is 28.4 Å². The number of benzene rings is 4. The van der Waals surface area contributed by atoms with Crippen LogP contribution >= 0.6 is 0 Å². The monoisotopic (exact) mass is 448 g/mol. The summed E-state index contributed by atoms with van der Waals surface area (Å²) >= 11 is 0. The first-order valence-corrected chi connectivity index (χ1v) is 11.0. The van der Waals surface area contributed by atoms with Crippen molar-refractivity contribution < 1.29 is 9.59 Å². The maximum absolute atomic E-state index is 12.9. The van der Waals surface area contributed by atoms with Crippen LogP contribution in [0.1, 0.15) is 5.56 Å². The zero-order chi connectivity index (χ0) is 23.8. The first-order valence-electron chi connectivity index (χ1n) is 11.0. The normalized spacial score (nSPS) is 11.3.